The third kappa shape index (κ3) is 4.87. The summed E-state index contributed by atoms with van der Waals surface area (Å²) in [4.78, 5) is 30.8. The number of ketones is 2. The van der Waals surface area contributed by atoms with Crippen LogP contribution in [0.3, 0.4) is 0 Å². The average Bonchev–Trinajstić information content (AvgIpc) is 2.89. The van der Waals surface area contributed by atoms with Gasteiger partial charge in [0.15, 0.2) is 29.0 Å². The van der Waals surface area contributed by atoms with Crippen molar-refractivity contribution in [3.05, 3.63) is 58.1 Å². The lowest BCUT2D eigenvalue weighted by atomic mass is 9.82. The first-order chi connectivity index (χ1) is 17.7. The fourth-order valence-corrected chi connectivity index (χ4v) is 4.25. The Kier molecular flexibility index (Phi) is 7.73. The Labute approximate surface area is 210 Å². The van der Waals surface area contributed by atoms with Crippen molar-refractivity contribution in [2.24, 2.45) is 16.5 Å². The Morgan fingerprint density at radius 3 is 2.24 bits per heavy atom. The van der Waals surface area contributed by atoms with Crippen LogP contribution in [0.1, 0.15) is 37.4 Å². The van der Waals surface area contributed by atoms with E-state index in [1.54, 1.807) is 12.1 Å². The minimum absolute atomic E-state index is 0.0152. The summed E-state index contributed by atoms with van der Waals surface area (Å²) in [5, 5.41) is 49.7. The number of hydrogen-bond acceptors (Lipinski definition) is 11. The van der Waals surface area contributed by atoms with Crippen LogP contribution < -0.4 is 20.9 Å². The van der Waals surface area contributed by atoms with E-state index in [9.17, 15) is 35.1 Å². The monoisotopic (exact) mass is 517 g/mol. The minimum Gasteiger partial charge on any atom is -0.486 e. The van der Waals surface area contributed by atoms with Crippen LogP contribution in [0.4, 0.5) is 0 Å². The number of aliphatic imine (C=N–C) groups is 1. The second-order valence-electron chi connectivity index (χ2n) is 8.45. The molecule has 13 nitrogen and oxygen atoms in total. The first-order valence-corrected chi connectivity index (χ1v) is 11.3. The quantitative estimate of drug-likeness (QED) is 0.125. The van der Waals surface area contributed by atoms with E-state index in [2.05, 4.69) is 4.99 Å². The van der Waals surface area contributed by atoms with E-state index in [-0.39, 0.29) is 58.4 Å². The van der Waals surface area contributed by atoms with Crippen molar-refractivity contribution < 1.29 is 49.3 Å². The number of nitrogens with two attached hydrogens (primary N) is 2. The number of aliphatic hydroxyl groups excluding tert-OH is 5. The molecule has 1 fully saturated rings. The van der Waals surface area contributed by atoms with E-state index in [1.165, 1.54) is 18.2 Å². The molecule has 4 rings (SSSR count). The van der Waals surface area contributed by atoms with Gasteiger partial charge in [0.05, 0.1) is 25.3 Å². The minimum atomic E-state index is -1.78. The molecular formula is C24H27N3O10. The molecule has 198 valence electrons. The number of carbonyl (C=O) groups excluding carboxylic acids is 2. The molecule has 13 heteroatoms. The molecular weight excluding hydrogens is 490 g/mol. The predicted octanol–water partition coefficient (Wildman–Crippen LogP) is -2.21. The van der Waals surface area contributed by atoms with E-state index in [0.717, 1.165) is 0 Å². The Balaban J connectivity index is 1.90. The summed E-state index contributed by atoms with van der Waals surface area (Å²) in [6, 6.07) is 7.57. The third-order valence-corrected chi connectivity index (χ3v) is 6.05. The summed E-state index contributed by atoms with van der Waals surface area (Å²) in [5.41, 5.74) is 11.3. The van der Waals surface area contributed by atoms with Crippen molar-refractivity contribution in [1.82, 2.24) is 0 Å². The molecule has 2 aliphatic rings. The van der Waals surface area contributed by atoms with E-state index < -0.39 is 55.5 Å². The number of guanidine groups is 1. The van der Waals surface area contributed by atoms with Crippen LogP contribution in [-0.4, -0.2) is 93.6 Å². The number of benzene rings is 2. The second-order valence-corrected chi connectivity index (χ2v) is 8.45. The Bertz CT molecular complexity index is 1230. The Morgan fingerprint density at radius 1 is 0.946 bits per heavy atom. The molecule has 1 heterocycles. The maximum Gasteiger partial charge on any atom is 0.229 e. The molecule has 0 saturated carbocycles. The SMILES string of the molecule is NC(N)=NCc1cc2c(c(OCCO)c1OC1OC(CO)C(O)C(O)C1O)C(=O)c1ccccc1C2=O. The van der Waals surface area contributed by atoms with Crippen molar-refractivity contribution in [3.63, 3.8) is 0 Å². The molecule has 0 radical (unpaired) electrons. The van der Waals surface area contributed by atoms with Crippen LogP contribution in [0.25, 0.3) is 0 Å². The lowest BCUT2D eigenvalue weighted by Gasteiger charge is -2.40. The molecule has 0 amide bonds. The van der Waals surface area contributed by atoms with Crippen LogP contribution in [0, 0.1) is 0 Å². The zero-order valence-corrected chi connectivity index (χ0v) is 19.5. The van der Waals surface area contributed by atoms with Gasteiger partial charge in [0, 0.05) is 22.3 Å². The van der Waals surface area contributed by atoms with Crippen LogP contribution in [0.2, 0.25) is 0 Å². The largest absolute Gasteiger partial charge is 0.486 e. The van der Waals surface area contributed by atoms with Crippen LogP contribution in [-0.2, 0) is 11.3 Å². The number of carbonyl (C=O) groups is 2. The highest BCUT2D eigenvalue weighted by Gasteiger charge is 2.46. The maximum atomic E-state index is 13.5. The van der Waals surface area contributed by atoms with Crippen LogP contribution in [0.15, 0.2) is 35.3 Å². The smallest absolute Gasteiger partial charge is 0.229 e. The standard InChI is InChI=1S/C24H27N3O10/c25-24(26)27-8-10-7-13-15(17(31)12-4-2-1-3-11(12)16(13)30)22(35-6-5-28)21(10)37-23-20(34)19(33)18(32)14(9-29)36-23/h1-4,7,14,18-20,23,28-29,32-34H,5-6,8-9H2,(H4,25,26,27). The fourth-order valence-electron chi connectivity index (χ4n) is 4.25. The summed E-state index contributed by atoms with van der Waals surface area (Å²) in [6.07, 6.45) is -8.09. The van der Waals surface area contributed by atoms with Crippen molar-refractivity contribution in [2.75, 3.05) is 19.8 Å². The van der Waals surface area contributed by atoms with Gasteiger partial charge in [-0.15, -0.1) is 0 Å². The first-order valence-electron chi connectivity index (χ1n) is 11.3. The van der Waals surface area contributed by atoms with Gasteiger partial charge in [0.2, 0.25) is 6.29 Å². The zero-order valence-electron chi connectivity index (χ0n) is 19.5. The van der Waals surface area contributed by atoms with Gasteiger partial charge in [-0.3, -0.25) is 9.59 Å². The van der Waals surface area contributed by atoms with Gasteiger partial charge in [0.25, 0.3) is 0 Å². The highest BCUT2D eigenvalue weighted by molar-refractivity contribution is 6.29. The number of fused-ring (bicyclic) bond motifs is 2. The van der Waals surface area contributed by atoms with E-state index in [0.29, 0.717) is 0 Å². The Hall–Kier alpha value is -3.59. The Morgan fingerprint density at radius 2 is 1.62 bits per heavy atom. The average molecular weight is 517 g/mol. The molecule has 1 aliphatic carbocycles. The van der Waals surface area contributed by atoms with Crippen molar-refractivity contribution in [2.45, 2.75) is 37.3 Å². The van der Waals surface area contributed by atoms with Gasteiger partial charge in [-0.2, -0.15) is 0 Å². The molecule has 0 spiro atoms. The van der Waals surface area contributed by atoms with Gasteiger partial charge in [-0.05, 0) is 6.07 Å². The molecule has 0 aromatic heterocycles. The van der Waals surface area contributed by atoms with Gasteiger partial charge in [-0.25, -0.2) is 4.99 Å². The molecule has 5 atom stereocenters. The molecule has 0 bridgehead atoms. The van der Waals surface area contributed by atoms with Gasteiger partial charge in [0.1, 0.15) is 31.0 Å². The maximum absolute atomic E-state index is 13.5. The first kappa shape index (κ1) is 26.5. The normalized spacial score (nSPS) is 24.7. The summed E-state index contributed by atoms with van der Waals surface area (Å²) >= 11 is 0. The number of nitrogens with zero attached hydrogens (tertiary/aromatic N) is 1. The highest BCUT2D eigenvalue weighted by atomic mass is 16.7. The molecule has 5 unspecified atom stereocenters. The highest BCUT2D eigenvalue weighted by Crippen LogP contribution is 2.43. The summed E-state index contributed by atoms with van der Waals surface area (Å²) in [7, 11) is 0. The molecule has 37 heavy (non-hydrogen) atoms. The molecule has 1 aliphatic heterocycles. The fraction of sp³-hybridized carbons (Fsp3) is 0.375. The van der Waals surface area contributed by atoms with Crippen molar-refractivity contribution in [3.8, 4) is 11.5 Å². The third-order valence-electron chi connectivity index (χ3n) is 6.05. The van der Waals surface area contributed by atoms with Crippen molar-refractivity contribution >= 4 is 17.5 Å². The number of rotatable bonds is 8. The predicted molar refractivity (Wildman–Crippen MR) is 126 cm³/mol. The molecule has 1 saturated heterocycles. The number of ether oxygens (including phenoxy) is 3. The topological polar surface area (TPSA) is 227 Å². The van der Waals surface area contributed by atoms with Gasteiger partial charge < -0.3 is 51.2 Å². The number of aliphatic hydroxyl groups is 5. The van der Waals surface area contributed by atoms with E-state index >= 15 is 0 Å². The van der Waals surface area contributed by atoms with E-state index in [4.69, 9.17) is 25.7 Å². The van der Waals surface area contributed by atoms with Gasteiger partial charge >= 0.3 is 0 Å². The summed E-state index contributed by atoms with van der Waals surface area (Å²) < 4.78 is 17.0. The lowest BCUT2D eigenvalue weighted by Crippen LogP contribution is -2.60. The zero-order chi connectivity index (χ0) is 26.9. The van der Waals surface area contributed by atoms with Crippen molar-refractivity contribution in [1.29, 1.82) is 0 Å². The molecule has 2 aromatic rings. The second kappa shape index (κ2) is 10.8. The lowest BCUT2D eigenvalue weighted by molar-refractivity contribution is -0.277. The van der Waals surface area contributed by atoms with Gasteiger partial charge in [-0.1, -0.05) is 24.3 Å². The van der Waals surface area contributed by atoms with Crippen LogP contribution >= 0.6 is 0 Å². The summed E-state index contributed by atoms with van der Waals surface area (Å²) in [5.74, 6) is -1.75. The van der Waals surface area contributed by atoms with Crippen LogP contribution in [0.5, 0.6) is 11.5 Å². The molecule has 9 N–H and O–H groups in total. The number of hydrogen-bond donors (Lipinski definition) is 7. The molecule has 2 aromatic carbocycles. The van der Waals surface area contributed by atoms with E-state index in [1.807, 2.05) is 0 Å². The summed E-state index contributed by atoms with van der Waals surface area (Å²) in [6.45, 7) is -1.70.